The highest BCUT2D eigenvalue weighted by Crippen LogP contribution is 2.12. The molecule has 5 nitrogen and oxygen atoms in total. The van der Waals surface area contributed by atoms with E-state index in [-0.39, 0.29) is 17.9 Å². The van der Waals surface area contributed by atoms with E-state index in [4.69, 9.17) is 4.74 Å². The summed E-state index contributed by atoms with van der Waals surface area (Å²) in [6.07, 6.45) is 3.79. The Morgan fingerprint density at radius 3 is 2.38 bits per heavy atom. The predicted molar refractivity (Wildman–Crippen MR) is 102 cm³/mol. The summed E-state index contributed by atoms with van der Waals surface area (Å²) in [4.78, 5) is 12.3. The third-order valence-corrected chi connectivity index (χ3v) is 5.17. The fraction of sp³-hybridized carbons (Fsp3) is 0.250. The van der Waals surface area contributed by atoms with Crippen molar-refractivity contribution in [2.45, 2.75) is 31.2 Å². The number of rotatable bonds is 8. The summed E-state index contributed by atoms with van der Waals surface area (Å²) in [7, 11) is -3.82. The molecular formula is C20H23NO4S. The molecule has 0 saturated carbocycles. The number of sulfonamides is 1. The normalized spacial score (nSPS) is 12.8. The maximum absolute atomic E-state index is 12.6. The van der Waals surface area contributed by atoms with Gasteiger partial charge in [0.1, 0.15) is 6.04 Å². The van der Waals surface area contributed by atoms with Crippen molar-refractivity contribution >= 4 is 22.1 Å². The highest BCUT2D eigenvalue weighted by Gasteiger charge is 2.25. The molecule has 0 aromatic heterocycles. The lowest BCUT2D eigenvalue weighted by Gasteiger charge is -2.16. The van der Waals surface area contributed by atoms with Gasteiger partial charge in [0.05, 0.1) is 11.5 Å². The number of hydrogen-bond acceptors (Lipinski definition) is 4. The van der Waals surface area contributed by atoms with Crippen molar-refractivity contribution in [2.75, 3.05) is 6.61 Å². The van der Waals surface area contributed by atoms with Gasteiger partial charge in [0.15, 0.2) is 0 Å². The first-order chi connectivity index (χ1) is 12.4. The standard InChI is InChI=1S/C20H23NO4S/c1-3-25-20(22)19(11-7-10-17-8-5-4-6-9-17)21-26(23,24)18-14-12-16(2)13-15-18/h4-10,12-15,19,21H,3,11H2,1-2H3/b10-7+. The maximum atomic E-state index is 12.6. The molecule has 0 aliphatic heterocycles. The van der Waals surface area contributed by atoms with Crippen LogP contribution >= 0.6 is 0 Å². The molecule has 0 heterocycles. The van der Waals surface area contributed by atoms with Crippen molar-refractivity contribution < 1.29 is 17.9 Å². The van der Waals surface area contributed by atoms with E-state index < -0.39 is 22.0 Å². The third kappa shape index (κ3) is 5.82. The van der Waals surface area contributed by atoms with E-state index in [0.717, 1.165) is 11.1 Å². The van der Waals surface area contributed by atoms with Gasteiger partial charge in [0.25, 0.3) is 0 Å². The van der Waals surface area contributed by atoms with Crippen molar-refractivity contribution in [2.24, 2.45) is 0 Å². The van der Waals surface area contributed by atoms with Crippen LogP contribution in [0.15, 0.2) is 65.6 Å². The van der Waals surface area contributed by atoms with Gasteiger partial charge in [-0.3, -0.25) is 4.79 Å². The minimum Gasteiger partial charge on any atom is -0.465 e. The molecule has 1 atom stereocenters. The van der Waals surface area contributed by atoms with Crippen molar-refractivity contribution in [1.82, 2.24) is 4.72 Å². The summed E-state index contributed by atoms with van der Waals surface area (Å²) in [5.41, 5.74) is 1.92. The van der Waals surface area contributed by atoms with Crippen molar-refractivity contribution in [1.29, 1.82) is 0 Å². The van der Waals surface area contributed by atoms with Gasteiger partial charge in [0.2, 0.25) is 10.0 Å². The van der Waals surface area contributed by atoms with Crippen molar-refractivity contribution in [3.05, 3.63) is 71.8 Å². The largest absolute Gasteiger partial charge is 0.465 e. The molecule has 2 aromatic rings. The minimum atomic E-state index is -3.82. The molecule has 0 saturated heterocycles. The summed E-state index contributed by atoms with van der Waals surface area (Å²) in [6.45, 7) is 3.74. The van der Waals surface area contributed by atoms with Gasteiger partial charge >= 0.3 is 5.97 Å². The van der Waals surface area contributed by atoms with E-state index in [1.807, 2.05) is 43.3 Å². The van der Waals surface area contributed by atoms with Crippen LogP contribution in [0.1, 0.15) is 24.5 Å². The van der Waals surface area contributed by atoms with Crippen LogP contribution in [0.2, 0.25) is 0 Å². The zero-order valence-corrected chi connectivity index (χ0v) is 15.7. The smallest absolute Gasteiger partial charge is 0.324 e. The van der Waals surface area contributed by atoms with Crippen LogP contribution in [0.5, 0.6) is 0 Å². The Labute approximate surface area is 154 Å². The Morgan fingerprint density at radius 2 is 1.77 bits per heavy atom. The van der Waals surface area contributed by atoms with Gasteiger partial charge in [-0.1, -0.05) is 60.2 Å². The van der Waals surface area contributed by atoms with E-state index in [2.05, 4.69) is 4.72 Å². The van der Waals surface area contributed by atoms with Crippen LogP contribution in [0, 0.1) is 6.92 Å². The molecule has 0 fully saturated rings. The molecular weight excluding hydrogens is 350 g/mol. The Balaban J connectivity index is 2.15. The second kappa shape index (κ2) is 9.31. The average molecular weight is 373 g/mol. The van der Waals surface area contributed by atoms with Gasteiger partial charge < -0.3 is 4.74 Å². The molecule has 2 aromatic carbocycles. The molecule has 2 rings (SSSR count). The predicted octanol–water partition coefficient (Wildman–Crippen LogP) is 3.31. The molecule has 0 amide bonds. The first kappa shape index (κ1) is 19.9. The molecule has 0 bridgehead atoms. The highest BCUT2D eigenvalue weighted by atomic mass is 32.2. The number of carbonyl (C=O) groups excluding carboxylic acids is 1. The van der Waals surface area contributed by atoms with Crippen molar-refractivity contribution in [3.8, 4) is 0 Å². The quantitative estimate of drug-likeness (QED) is 0.721. The second-order valence-electron chi connectivity index (χ2n) is 5.79. The van der Waals surface area contributed by atoms with Gasteiger partial charge in [-0.15, -0.1) is 0 Å². The van der Waals surface area contributed by atoms with Crippen LogP contribution in [0.3, 0.4) is 0 Å². The van der Waals surface area contributed by atoms with E-state index in [9.17, 15) is 13.2 Å². The lowest BCUT2D eigenvalue weighted by molar-refractivity contribution is -0.145. The van der Waals surface area contributed by atoms with Crippen molar-refractivity contribution in [3.63, 3.8) is 0 Å². The molecule has 0 radical (unpaired) electrons. The topological polar surface area (TPSA) is 72.5 Å². The zero-order chi connectivity index (χ0) is 19.0. The van der Waals surface area contributed by atoms with Gasteiger partial charge in [-0.2, -0.15) is 4.72 Å². The number of carbonyl (C=O) groups is 1. The highest BCUT2D eigenvalue weighted by molar-refractivity contribution is 7.89. The minimum absolute atomic E-state index is 0.115. The number of hydrogen-bond donors (Lipinski definition) is 1. The van der Waals surface area contributed by atoms with Crippen LogP contribution in [0.4, 0.5) is 0 Å². The summed E-state index contributed by atoms with van der Waals surface area (Å²) in [6, 6.07) is 15.0. The Bertz CT molecular complexity index is 843. The zero-order valence-electron chi connectivity index (χ0n) is 14.9. The molecule has 26 heavy (non-hydrogen) atoms. The van der Waals surface area contributed by atoms with Crippen LogP contribution in [0.25, 0.3) is 6.08 Å². The third-order valence-electron chi connectivity index (χ3n) is 3.68. The summed E-state index contributed by atoms with van der Waals surface area (Å²) >= 11 is 0. The number of aryl methyl sites for hydroxylation is 1. The van der Waals surface area contributed by atoms with E-state index >= 15 is 0 Å². The Hall–Kier alpha value is -2.44. The molecule has 1 unspecified atom stereocenters. The fourth-order valence-corrected chi connectivity index (χ4v) is 3.51. The van der Waals surface area contributed by atoms with Crippen LogP contribution in [-0.4, -0.2) is 27.0 Å². The molecule has 1 N–H and O–H groups in total. The first-order valence-corrected chi connectivity index (χ1v) is 9.88. The maximum Gasteiger partial charge on any atom is 0.324 e. The second-order valence-corrected chi connectivity index (χ2v) is 7.50. The number of esters is 1. The van der Waals surface area contributed by atoms with E-state index in [0.29, 0.717) is 0 Å². The lowest BCUT2D eigenvalue weighted by Crippen LogP contribution is -2.41. The SMILES string of the molecule is CCOC(=O)C(C/C=C/c1ccccc1)NS(=O)(=O)c1ccc(C)cc1. The summed E-state index contributed by atoms with van der Waals surface area (Å²) in [5, 5.41) is 0. The molecule has 0 aliphatic carbocycles. The number of benzene rings is 2. The average Bonchev–Trinajstić information content (AvgIpc) is 2.62. The summed E-state index contributed by atoms with van der Waals surface area (Å²) in [5.74, 6) is -0.596. The van der Waals surface area contributed by atoms with Crippen LogP contribution < -0.4 is 4.72 Å². The fourth-order valence-electron chi connectivity index (χ4n) is 2.31. The first-order valence-electron chi connectivity index (χ1n) is 8.39. The lowest BCUT2D eigenvalue weighted by atomic mass is 10.1. The van der Waals surface area contributed by atoms with Gasteiger partial charge in [0, 0.05) is 0 Å². The number of ether oxygens (including phenoxy) is 1. The van der Waals surface area contributed by atoms with Crippen LogP contribution in [-0.2, 0) is 19.6 Å². The molecule has 6 heteroatoms. The summed E-state index contributed by atoms with van der Waals surface area (Å²) < 4.78 is 32.6. The van der Waals surface area contributed by atoms with Gasteiger partial charge in [-0.05, 0) is 38.0 Å². The molecule has 138 valence electrons. The van der Waals surface area contributed by atoms with Gasteiger partial charge in [-0.25, -0.2) is 8.42 Å². The Kier molecular flexibility index (Phi) is 7.12. The van der Waals surface area contributed by atoms with E-state index in [1.54, 1.807) is 25.1 Å². The monoisotopic (exact) mass is 373 g/mol. The molecule has 0 spiro atoms. The molecule has 0 aliphatic rings. The number of nitrogens with one attached hydrogen (secondary N) is 1. The van der Waals surface area contributed by atoms with E-state index in [1.165, 1.54) is 12.1 Å². The Morgan fingerprint density at radius 1 is 1.12 bits per heavy atom.